The van der Waals surface area contributed by atoms with Crippen molar-refractivity contribution < 1.29 is 4.57 Å². The number of aromatic nitrogens is 1. The quantitative estimate of drug-likeness (QED) is 0.330. The van der Waals surface area contributed by atoms with E-state index in [1.807, 2.05) is 0 Å². The van der Waals surface area contributed by atoms with Gasteiger partial charge >= 0.3 is 0 Å². The number of terminal acetylenes is 1. The third-order valence-electron chi connectivity index (χ3n) is 3.19. The van der Waals surface area contributed by atoms with E-state index in [0.717, 1.165) is 25.9 Å². The van der Waals surface area contributed by atoms with Crippen LogP contribution >= 0.6 is 0 Å². The number of aryl methyl sites for hydroxylation is 1. The van der Waals surface area contributed by atoms with Crippen LogP contribution in [0.1, 0.15) is 26.7 Å². The van der Waals surface area contributed by atoms with Crippen LogP contribution < -0.4 is 9.88 Å². The van der Waals surface area contributed by atoms with Crippen LogP contribution in [-0.4, -0.2) is 6.54 Å². The maximum absolute atomic E-state index is 5.22. The highest BCUT2D eigenvalue weighted by Crippen LogP contribution is 2.07. The first-order valence-corrected chi connectivity index (χ1v) is 7.32. The molecule has 1 aromatic heterocycles. The molecular weight excluding hydrogens is 244 g/mol. The van der Waals surface area contributed by atoms with Gasteiger partial charge in [-0.05, 0) is 31.8 Å². The van der Waals surface area contributed by atoms with Gasteiger partial charge in [-0.2, -0.15) is 0 Å². The number of hydrogen-bond donors (Lipinski definition) is 1. The van der Waals surface area contributed by atoms with E-state index in [-0.39, 0.29) is 0 Å². The SMILES string of the molecule is C#CC=CC(C=CCCNc1cc[n+](CC)cc1)CC. The Balaban J connectivity index is 2.29. The summed E-state index contributed by atoms with van der Waals surface area (Å²) >= 11 is 0. The molecule has 2 heteroatoms. The van der Waals surface area contributed by atoms with E-state index >= 15 is 0 Å². The van der Waals surface area contributed by atoms with E-state index in [2.05, 4.69) is 72.4 Å². The fourth-order valence-electron chi connectivity index (χ4n) is 1.87. The van der Waals surface area contributed by atoms with Crippen LogP contribution in [0.2, 0.25) is 0 Å². The molecule has 0 aliphatic carbocycles. The lowest BCUT2D eigenvalue weighted by Gasteiger charge is -2.04. The summed E-state index contributed by atoms with van der Waals surface area (Å²) < 4.78 is 2.15. The van der Waals surface area contributed by atoms with Gasteiger partial charge in [0.15, 0.2) is 12.4 Å². The molecule has 0 saturated carbocycles. The Morgan fingerprint density at radius 2 is 2.05 bits per heavy atom. The second-order valence-electron chi connectivity index (χ2n) is 4.66. The minimum Gasteiger partial charge on any atom is -0.384 e. The normalized spacial score (nSPS) is 12.7. The molecule has 106 valence electrons. The molecule has 0 saturated heterocycles. The van der Waals surface area contributed by atoms with Crippen molar-refractivity contribution in [3.05, 3.63) is 48.8 Å². The van der Waals surface area contributed by atoms with Gasteiger partial charge in [-0.25, -0.2) is 4.57 Å². The number of pyridine rings is 1. The maximum Gasteiger partial charge on any atom is 0.170 e. The molecule has 1 unspecified atom stereocenters. The van der Waals surface area contributed by atoms with Gasteiger partial charge in [0.2, 0.25) is 0 Å². The average molecular weight is 269 g/mol. The molecule has 0 aliphatic rings. The zero-order valence-corrected chi connectivity index (χ0v) is 12.5. The fourth-order valence-corrected chi connectivity index (χ4v) is 1.87. The number of rotatable bonds is 8. The first kappa shape index (κ1) is 16.0. The van der Waals surface area contributed by atoms with E-state index in [1.165, 1.54) is 5.69 Å². The van der Waals surface area contributed by atoms with Crippen LogP contribution in [0.15, 0.2) is 48.8 Å². The topological polar surface area (TPSA) is 15.9 Å². The number of nitrogens with zero attached hydrogens (tertiary/aromatic N) is 1. The lowest BCUT2D eigenvalue weighted by atomic mass is 10.1. The van der Waals surface area contributed by atoms with Crippen molar-refractivity contribution in [1.29, 1.82) is 0 Å². The Bertz CT molecular complexity index is 463. The molecule has 1 aromatic rings. The van der Waals surface area contributed by atoms with Gasteiger partial charge in [-0.1, -0.05) is 31.1 Å². The van der Waals surface area contributed by atoms with Crippen molar-refractivity contribution in [2.24, 2.45) is 5.92 Å². The van der Waals surface area contributed by atoms with Crippen LogP contribution in [0.3, 0.4) is 0 Å². The first-order chi connectivity index (χ1) is 9.80. The molecule has 0 bridgehead atoms. The summed E-state index contributed by atoms with van der Waals surface area (Å²) in [4.78, 5) is 0. The standard InChI is InChI=1S/C18H24N2/c1-4-7-10-17(5-2)11-8-9-14-19-18-12-15-20(6-3)16-13-18/h1,7-8,10-13,15-17H,5-6,9,14H2,2-3H3/p+1. The van der Waals surface area contributed by atoms with E-state index in [4.69, 9.17) is 6.42 Å². The van der Waals surface area contributed by atoms with E-state index in [9.17, 15) is 0 Å². The Kier molecular flexibility index (Phi) is 7.91. The third kappa shape index (κ3) is 6.24. The molecule has 0 fully saturated rings. The monoisotopic (exact) mass is 269 g/mol. The largest absolute Gasteiger partial charge is 0.384 e. The van der Waals surface area contributed by atoms with Gasteiger partial charge in [0.1, 0.15) is 6.54 Å². The Hall–Kier alpha value is -2.01. The summed E-state index contributed by atoms with van der Waals surface area (Å²) in [6.07, 6.45) is 19.8. The van der Waals surface area contributed by atoms with Crippen LogP contribution in [0.4, 0.5) is 5.69 Å². The smallest absolute Gasteiger partial charge is 0.170 e. The maximum atomic E-state index is 5.22. The van der Waals surface area contributed by atoms with Gasteiger partial charge in [0, 0.05) is 24.4 Å². The van der Waals surface area contributed by atoms with Crippen molar-refractivity contribution >= 4 is 5.69 Å². The summed E-state index contributed by atoms with van der Waals surface area (Å²) in [6, 6.07) is 4.22. The van der Waals surface area contributed by atoms with Gasteiger partial charge in [-0.15, -0.1) is 6.42 Å². The van der Waals surface area contributed by atoms with Crippen LogP contribution in [0, 0.1) is 18.3 Å². The summed E-state index contributed by atoms with van der Waals surface area (Å²) in [5.41, 5.74) is 1.17. The van der Waals surface area contributed by atoms with Crippen molar-refractivity contribution in [2.75, 3.05) is 11.9 Å². The predicted molar refractivity (Wildman–Crippen MR) is 86.3 cm³/mol. The molecule has 1 N–H and O–H groups in total. The fraction of sp³-hybridized carbons (Fsp3) is 0.389. The highest BCUT2D eigenvalue weighted by atomic mass is 14.9. The number of hydrogen-bond acceptors (Lipinski definition) is 1. The van der Waals surface area contributed by atoms with Gasteiger partial charge in [0.25, 0.3) is 0 Å². The van der Waals surface area contributed by atoms with E-state index in [1.54, 1.807) is 6.08 Å². The van der Waals surface area contributed by atoms with E-state index < -0.39 is 0 Å². The Morgan fingerprint density at radius 3 is 2.65 bits per heavy atom. The lowest BCUT2D eigenvalue weighted by Crippen LogP contribution is -2.30. The second kappa shape index (κ2) is 9.86. The molecule has 0 aromatic carbocycles. The molecule has 0 spiro atoms. The minimum atomic E-state index is 0.450. The van der Waals surface area contributed by atoms with Crippen molar-refractivity contribution in [1.82, 2.24) is 0 Å². The molecule has 1 rings (SSSR count). The molecule has 1 atom stereocenters. The molecule has 1 heterocycles. The highest BCUT2D eigenvalue weighted by Gasteiger charge is 1.97. The highest BCUT2D eigenvalue weighted by molar-refractivity contribution is 5.39. The number of allylic oxidation sites excluding steroid dienone is 3. The predicted octanol–water partition coefficient (Wildman–Crippen LogP) is 3.57. The van der Waals surface area contributed by atoms with Crippen LogP contribution in [-0.2, 0) is 6.54 Å². The summed E-state index contributed by atoms with van der Waals surface area (Å²) in [5.74, 6) is 2.99. The third-order valence-corrected chi connectivity index (χ3v) is 3.19. The van der Waals surface area contributed by atoms with Crippen LogP contribution in [0.25, 0.3) is 0 Å². The summed E-state index contributed by atoms with van der Waals surface area (Å²) in [7, 11) is 0. The summed E-state index contributed by atoms with van der Waals surface area (Å²) in [6.45, 7) is 6.26. The Morgan fingerprint density at radius 1 is 1.30 bits per heavy atom. The van der Waals surface area contributed by atoms with Crippen molar-refractivity contribution in [3.8, 4) is 12.3 Å². The van der Waals surface area contributed by atoms with E-state index in [0.29, 0.717) is 5.92 Å². The van der Waals surface area contributed by atoms with Crippen LogP contribution in [0.5, 0.6) is 0 Å². The molecule has 0 radical (unpaired) electrons. The second-order valence-corrected chi connectivity index (χ2v) is 4.66. The Labute approximate surface area is 123 Å². The zero-order chi connectivity index (χ0) is 14.6. The number of anilines is 1. The first-order valence-electron chi connectivity index (χ1n) is 7.32. The molecule has 20 heavy (non-hydrogen) atoms. The van der Waals surface area contributed by atoms with Crippen molar-refractivity contribution in [3.63, 3.8) is 0 Å². The van der Waals surface area contributed by atoms with Crippen molar-refractivity contribution in [2.45, 2.75) is 33.2 Å². The minimum absolute atomic E-state index is 0.450. The van der Waals surface area contributed by atoms with Gasteiger partial charge in [-0.3, -0.25) is 0 Å². The molecule has 2 nitrogen and oxygen atoms in total. The van der Waals surface area contributed by atoms with Gasteiger partial charge in [0.05, 0.1) is 0 Å². The zero-order valence-electron chi connectivity index (χ0n) is 12.5. The molecule has 0 aliphatic heterocycles. The summed E-state index contributed by atoms with van der Waals surface area (Å²) in [5, 5.41) is 3.42. The number of nitrogens with one attached hydrogen (secondary N) is 1. The molecular formula is C18H25N2+. The molecule has 0 amide bonds. The average Bonchev–Trinajstić information content (AvgIpc) is 2.50. The van der Waals surface area contributed by atoms with Gasteiger partial charge < -0.3 is 5.32 Å². The lowest BCUT2D eigenvalue weighted by molar-refractivity contribution is -0.693.